The first-order chi connectivity index (χ1) is 6.57. The number of carbonyl (C=O) groups is 2. The number of aliphatic carboxylic acids is 1. The predicted molar refractivity (Wildman–Crippen MR) is 57.4 cm³/mol. The van der Waals surface area contributed by atoms with E-state index in [-0.39, 0.29) is 5.91 Å². The monoisotopic (exact) mass is 217 g/mol. The fraction of sp³-hybridized carbons (Fsp3) is 0.556. The summed E-state index contributed by atoms with van der Waals surface area (Å²) in [5.74, 6) is 0.195. The molecule has 1 unspecified atom stereocenters. The fourth-order valence-electron chi connectivity index (χ4n) is 0.871. The maximum atomic E-state index is 10.7. The molecule has 0 aliphatic heterocycles. The Kier molecular flexibility index (Phi) is 6.92. The van der Waals surface area contributed by atoms with Gasteiger partial charge in [-0.25, -0.2) is 4.79 Å². The number of hydrogen-bond acceptors (Lipinski definition) is 3. The Morgan fingerprint density at radius 3 is 2.71 bits per heavy atom. The molecule has 0 heterocycles. The highest BCUT2D eigenvalue weighted by molar-refractivity contribution is 7.99. The first-order valence-electron chi connectivity index (χ1n) is 4.26. The lowest BCUT2D eigenvalue weighted by atomic mass is 10.2. The molecule has 0 saturated carbocycles. The van der Waals surface area contributed by atoms with E-state index in [1.54, 1.807) is 17.8 Å². The van der Waals surface area contributed by atoms with Crippen LogP contribution in [0.15, 0.2) is 12.7 Å². The summed E-state index contributed by atoms with van der Waals surface area (Å²) < 4.78 is 0. The third-order valence-corrected chi connectivity index (χ3v) is 2.46. The third kappa shape index (κ3) is 6.54. The molecular formula is C9H15NO3S. The van der Waals surface area contributed by atoms with Gasteiger partial charge in [0.2, 0.25) is 5.91 Å². The molecule has 0 aliphatic carbocycles. The first kappa shape index (κ1) is 13.0. The molecule has 0 rings (SSSR count). The van der Waals surface area contributed by atoms with Crippen molar-refractivity contribution in [3.05, 3.63) is 12.7 Å². The van der Waals surface area contributed by atoms with Crippen molar-refractivity contribution in [3.63, 3.8) is 0 Å². The fourth-order valence-corrected chi connectivity index (χ4v) is 1.61. The van der Waals surface area contributed by atoms with Gasteiger partial charge in [0.25, 0.3) is 0 Å². The molecule has 1 atom stereocenters. The summed E-state index contributed by atoms with van der Waals surface area (Å²) in [5, 5.41) is 11.1. The Labute approximate surface area is 87.8 Å². The van der Waals surface area contributed by atoms with Crippen LogP contribution in [0.1, 0.15) is 13.3 Å². The van der Waals surface area contributed by atoms with Crippen molar-refractivity contribution in [2.75, 3.05) is 11.5 Å². The summed E-state index contributed by atoms with van der Waals surface area (Å²) in [5.41, 5.74) is 0. The van der Waals surface area contributed by atoms with Crippen LogP contribution < -0.4 is 5.32 Å². The number of carboxylic acid groups (broad SMARTS) is 1. The maximum Gasteiger partial charge on any atom is 0.326 e. The van der Waals surface area contributed by atoms with E-state index < -0.39 is 12.0 Å². The molecule has 14 heavy (non-hydrogen) atoms. The SMILES string of the molecule is C=CCSCCC(NC(C)=O)C(=O)O. The summed E-state index contributed by atoms with van der Waals surface area (Å²) in [7, 11) is 0. The van der Waals surface area contributed by atoms with Gasteiger partial charge in [0.1, 0.15) is 6.04 Å². The van der Waals surface area contributed by atoms with Crippen LogP contribution in [0.5, 0.6) is 0 Å². The van der Waals surface area contributed by atoms with Crippen molar-refractivity contribution in [1.29, 1.82) is 0 Å². The molecule has 0 aromatic carbocycles. The largest absolute Gasteiger partial charge is 0.480 e. The van der Waals surface area contributed by atoms with Gasteiger partial charge in [-0.2, -0.15) is 11.8 Å². The number of nitrogens with one attached hydrogen (secondary N) is 1. The standard InChI is InChI=1S/C9H15NO3S/c1-3-5-14-6-4-8(9(12)13)10-7(2)11/h3,8H,1,4-6H2,2H3,(H,10,11)(H,12,13). The van der Waals surface area contributed by atoms with Crippen LogP contribution in [0.25, 0.3) is 0 Å². The summed E-state index contributed by atoms with van der Waals surface area (Å²) >= 11 is 1.59. The first-order valence-corrected chi connectivity index (χ1v) is 5.42. The molecule has 5 heteroatoms. The van der Waals surface area contributed by atoms with Crippen LogP contribution in [0, 0.1) is 0 Å². The Bertz CT molecular complexity index is 218. The van der Waals surface area contributed by atoms with Crippen molar-refractivity contribution in [2.45, 2.75) is 19.4 Å². The van der Waals surface area contributed by atoms with Crippen LogP contribution in [0.3, 0.4) is 0 Å². The molecule has 1 amide bonds. The number of hydrogen-bond donors (Lipinski definition) is 2. The van der Waals surface area contributed by atoms with Crippen LogP contribution >= 0.6 is 11.8 Å². The highest BCUT2D eigenvalue weighted by atomic mass is 32.2. The molecule has 80 valence electrons. The van der Waals surface area contributed by atoms with Crippen molar-refractivity contribution < 1.29 is 14.7 Å². The van der Waals surface area contributed by atoms with Gasteiger partial charge in [0.15, 0.2) is 0 Å². The molecule has 0 aromatic heterocycles. The van der Waals surface area contributed by atoms with Crippen molar-refractivity contribution in [1.82, 2.24) is 5.32 Å². The van der Waals surface area contributed by atoms with E-state index in [2.05, 4.69) is 11.9 Å². The Balaban J connectivity index is 3.79. The second-order valence-corrected chi connectivity index (χ2v) is 3.89. The van der Waals surface area contributed by atoms with Crippen LogP contribution in [0.4, 0.5) is 0 Å². The average Bonchev–Trinajstić information content (AvgIpc) is 2.09. The minimum absolute atomic E-state index is 0.314. The minimum Gasteiger partial charge on any atom is -0.480 e. The van der Waals surface area contributed by atoms with E-state index in [9.17, 15) is 9.59 Å². The van der Waals surface area contributed by atoms with E-state index in [1.165, 1.54) is 6.92 Å². The second-order valence-electron chi connectivity index (χ2n) is 2.74. The lowest BCUT2D eigenvalue weighted by molar-refractivity contribution is -0.141. The van der Waals surface area contributed by atoms with E-state index in [0.717, 1.165) is 5.75 Å². The van der Waals surface area contributed by atoms with Gasteiger partial charge in [-0.3, -0.25) is 4.79 Å². The van der Waals surface area contributed by atoms with Crippen molar-refractivity contribution in [2.24, 2.45) is 0 Å². The molecule has 0 bridgehead atoms. The zero-order valence-electron chi connectivity index (χ0n) is 8.16. The lowest BCUT2D eigenvalue weighted by Gasteiger charge is -2.12. The highest BCUT2D eigenvalue weighted by Gasteiger charge is 2.17. The van der Waals surface area contributed by atoms with Gasteiger partial charge < -0.3 is 10.4 Å². The van der Waals surface area contributed by atoms with E-state index >= 15 is 0 Å². The molecule has 0 fully saturated rings. The topological polar surface area (TPSA) is 66.4 Å². The third-order valence-electron chi connectivity index (χ3n) is 1.46. The van der Waals surface area contributed by atoms with Gasteiger partial charge in [-0.15, -0.1) is 6.58 Å². The normalized spacial score (nSPS) is 11.8. The van der Waals surface area contributed by atoms with E-state index in [0.29, 0.717) is 12.2 Å². The van der Waals surface area contributed by atoms with Gasteiger partial charge in [0, 0.05) is 12.7 Å². The van der Waals surface area contributed by atoms with Crippen LogP contribution in [-0.4, -0.2) is 34.5 Å². The average molecular weight is 217 g/mol. The Morgan fingerprint density at radius 1 is 1.64 bits per heavy atom. The summed E-state index contributed by atoms with van der Waals surface area (Å²) in [6, 6.07) is -0.773. The maximum absolute atomic E-state index is 10.7. The van der Waals surface area contributed by atoms with Crippen molar-refractivity contribution in [3.8, 4) is 0 Å². The quantitative estimate of drug-likeness (QED) is 0.491. The number of thioether (sulfide) groups is 1. The predicted octanol–water partition coefficient (Wildman–Crippen LogP) is 0.885. The highest BCUT2D eigenvalue weighted by Crippen LogP contribution is 2.05. The number of rotatable bonds is 7. The van der Waals surface area contributed by atoms with Gasteiger partial charge in [-0.05, 0) is 12.2 Å². The van der Waals surface area contributed by atoms with Gasteiger partial charge in [-0.1, -0.05) is 6.08 Å². The van der Waals surface area contributed by atoms with Crippen molar-refractivity contribution >= 4 is 23.6 Å². The molecular weight excluding hydrogens is 202 g/mol. The Morgan fingerprint density at radius 2 is 2.29 bits per heavy atom. The molecule has 0 saturated heterocycles. The zero-order valence-corrected chi connectivity index (χ0v) is 8.97. The minimum atomic E-state index is -0.987. The van der Waals surface area contributed by atoms with Gasteiger partial charge >= 0.3 is 5.97 Å². The number of carbonyl (C=O) groups excluding carboxylic acids is 1. The molecule has 0 radical (unpaired) electrons. The smallest absolute Gasteiger partial charge is 0.326 e. The molecule has 4 nitrogen and oxygen atoms in total. The number of amides is 1. The van der Waals surface area contributed by atoms with E-state index in [1.807, 2.05) is 0 Å². The van der Waals surface area contributed by atoms with Crippen LogP contribution in [-0.2, 0) is 9.59 Å². The summed E-state index contributed by atoms with van der Waals surface area (Å²) in [4.78, 5) is 21.3. The lowest BCUT2D eigenvalue weighted by Crippen LogP contribution is -2.39. The second kappa shape index (κ2) is 7.44. The molecule has 2 N–H and O–H groups in total. The zero-order chi connectivity index (χ0) is 11.0. The number of carboxylic acids is 1. The van der Waals surface area contributed by atoms with Crippen LogP contribution in [0.2, 0.25) is 0 Å². The van der Waals surface area contributed by atoms with Gasteiger partial charge in [0.05, 0.1) is 0 Å². The van der Waals surface area contributed by atoms with E-state index in [4.69, 9.17) is 5.11 Å². The molecule has 0 spiro atoms. The molecule has 0 aromatic rings. The summed E-state index contributed by atoms with van der Waals surface area (Å²) in [6.07, 6.45) is 2.20. The molecule has 0 aliphatic rings. The summed E-state index contributed by atoms with van der Waals surface area (Å²) in [6.45, 7) is 4.87. The Hall–Kier alpha value is -0.970.